The minimum absolute atomic E-state index is 0.440. The van der Waals surface area contributed by atoms with Crippen LogP contribution in [0.3, 0.4) is 0 Å². The predicted octanol–water partition coefficient (Wildman–Crippen LogP) is 2.39. The third-order valence-electron chi connectivity index (χ3n) is 2.91. The van der Waals surface area contributed by atoms with E-state index in [-0.39, 0.29) is 0 Å². The molecule has 2 aromatic rings. The number of fused-ring (bicyclic) bond motifs is 1. The molecule has 3 rings (SSSR count). The number of H-pyrrole nitrogens is 1. The molecule has 1 aliphatic heterocycles. The molecule has 2 heterocycles. The lowest BCUT2D eigenvalue weighted by Crippen LogP contribution is -2.16. The smallest absolute Gasteiger partial charge is 0.180 e. The number of ether oxygens (including phenoxy) is 2. The monoisotopic (exact) mass is 265 g/mol. The van der Waals surface area contributed by atoms with Gasteiger partial charge in [-0.05, 0) is 18.6 Å². The quantitative estimate of drug-likeness (QED) is 0.830. The maximum Gasteiger partial charge on any atom is 0.180 e. The highest BCUT2D eigenvalue weighted by molar-refractivity contribution is 6.33. The number of halogens is 1. The van der Waals surface area contributed by atoms with Crippen molar-refractivity contribution in [3.05, 3.63) is 22.7 Å². The van der Waals surface area contributed by atoms with Gasteiger partial charge in [0.1, 0.15) is 19.0 Å². The number of nitrogens with zero attached hydrogens (tertiary/aromatic N) is 1. The van der Waals surface area contributed by atoms with Gasteiger partial charge in [0.25, 0.3) is 0 Å². The van der Waals surface area contributed by atoms with Gasteiger partial charge in [-0.15, -0.1) is 0 Å². The van der Waals surface area contributed by atoms with Crippen LogP contribution >= 0.6 is 11.6 Å². The van der Waals surface area contributed by atoms with Gasteiger partial charge >= 0.3 is 0 Å². The van der Waals surface area contributed by atoms with Crippen LogP contribution in [0.2, 0.25) is 5.02 Å². The Morgan fingerprint density at radius 2 is 2.11 bits per heavy atom. The zero-order valence-electron chi connectivity index (χ0n) is 9.79. The Kier molecular flexibility index (Phi) is 2.56. The zero-order chi connectivity index (χ0) is 12.7. The van der Waals surface area contributed by atoms with E-state index >= 15 is 0 Å². The van der Waals surface area contributed by atoms with Gasteiger partial charge in [-0.3, -0.25) is 5.10 Å². The fraction of sp³-hybridized carbons (Fsp3) is 0.250. The number of nitrogens with two attached hydrogens (primary N) is 1. The third-order valence-corrected chi connectivity index (χ3v) is 3.36. The number of benzene rings is 1. The summed E-state index contributed by atoms with van der Waals surface area (Å²) in [5.74, 6) is 1.70. The lowest BCUT2D eigenvalue weighted by molar-refractivity contribution is 0.171. The standard InChI is InChI=1S/C12H12ClN3O2/c1-6-7(8-5-10(14)16-15-8)4-9-12(11(6)13)18-3-2-17-9/h4-5H,2-3H2,1H3,(H3,14,15,16). The van der Waals surface area contributed by atoms with E-state index in [1.54, 1.807) is 6.07 Å². The fourth-order valence-electron chi connectivity index (χ4n) is 1.99. The molecular formula is C12H12ClN3O2. The Morgan fingerprint density at radius 3 is 2.83 bits per heavy atom. The largest absolute Gasteiger partial charge is 0.486 e. The molecule has 3 N–H and O–H groups in total. The summed E-state index contributed by atoms with van der Waals surface area (Å²) in [6.45, 7) is 2.96. The molecule has 0 saturated carbocycles. The predicted molar refractivity (Wildman–Crippen MR) is 69.2 cm³/mol. The zero-order valence-corrected chi connectivity index (χ0v) is 10.5. The lowest BCUT2D eigenvalue weighted by Gasteiger charge is -2.21. The van der Waals surface area contributed by atoms with Crippen LogP contribution in [0.1, 0.15) is 5.56 Å². The Hall–Kier alpha value is -1.88. The van der Waals surface area contributed by atoms with E-state index in [1.165, 1.54) is 0 Å². The van der Waals surface area contributed by atoms with Gasteiger partial charge in [0.05, 0.1) is 10.7 Å². The number of nitrogen functional groups attached to an aromatic ring is 1. The SMILES string of the molecule is Cc1c(-c2cc(N)n[nH]2)cc2c(c1Cl)OCCO2. The van der Waals surface area contributed by atoms with Gasteiger partial charge in [-0.1, -0.05) is 11.6 Å². The van der Waals surface area contributed by atoms with Crippen LogP contribution in [-0.2, 0) is 0 Å². The van der Waals surface area contributed by atoms with E-state index in [4.69, 9.17) is 26.8 Å². The van der Waals surface area contributed by atoms with Crippen molar-refractivity contribution in [3.8, 4) is 22.8 Å². The van der Waals surface area contributed by atoms with Gasteiger partial charge in [0, 0.05) is 11.6 Å². The lowest BCUT2D eigenvalue weighted by atomic mass is 10.0. The summed E-state index contributed by atoms with van der Waals surface area (Å²) in [5, 5.41) is 7.35. The maximum atomic E-state index is 6.30. The van der Waals surface area contributed by atoms with Crippen LogP contribution in [0.4, 0.5) is 5.82 Å². The molecule has 0 fully saturated rings. The highest BCUT2D eigenvalue weighted by Crippen LogP contribution is 2.43. The Labute approximate surface area is 109 Å². The molecule has 0 radical (unpaired) electrons. The molecule has 0 bridgehead atoms. The van der Waals surface area contributed by atoms with Gasteiger partial charge < -0.3 is 15.2 Å². The molecule has 0 aliphatic carbocycles. The van der Waals surface area contributed by atoms with Crippen molar-refractivity contribution < 1.29 is 9.47 Å². The van der Waals surface area contributed by atoms with E-state index in [1.807, 2.05) is 13.0 Å². The molecule has 0 amide bonds. The molecular weight excluding hydrogens is 254 g/mol. The van der Waals surface area contributed by atoms with Gasteiger partial charge in [0.15, 0.2) is 11.5 Å². The van der Waals surface area contributed by atoms with E-state index in [2.05, 4.69) is 10.2 Å². The summed E-state index contributed by atoms with van der Waals surface area (Å²) in [4.78, 5) is 0. The molecule has 0 spiro atoms. The first kappa shape index (κ1) is 11.2. The molecule has 1 aromatic carbocycles. The van der Waals surface area contributed by atoms with Crippen LogP contribution < -0.4 is 15.2 Å². The molecule has 94 valence electrons. The molecule has 0 atom stereocenters. The number of aromatic amines is 1. The first-order valence-corrected chi connectivity index (χ1v) is 5.94. The third kappa shape index (κ3) is 1.67. The molecule has 18 heavy (non-hydrogen) atoms. The summed E-state index contributed by atoms with van der Waals surface area (Å²) in [6.07, 6.45) is 0. The Morgan fingerprint density at radius 1 is 1.33 bits per heavy atom. The van der Waals surface area contributed by atoms with Crippen LogP contribution in [-0.4, -0.2) is 23.4 Å². The summed E-state index contributed by atoms with van der Waals surface area (Å²) in [6, 6.07) is 3.65. The number of anilines is 1. The Bertz CT molecular complexity index is 610. The highest BCUT2D eigenvalue weighted by Gasteiger charge is 2.21. The second kappa shape index (κ2) is 4.10. The first-order chi connectivity index (χ1) is 8.66. The molecule has 6 heteroatoms. The number of aromatic nitrogens is 2. The number of nitrogens with one attached hydrogen (secondary N) is 1. The van der Waals surface area contributed by atoms with Crippen molar-refractivity contribution in [2.75, 3.05) is 18.9 Å². The van der Waals surface area contributed by atoms with E-state index in [0.717, 1.165) is 16.8 Å². The second-order valence-corrected chi connectivity index (χ2v) is 4.47. The average molecular weight is 266 g/mol. The molecule has 1 aromatic heterocycles. The second-order valence-electron chi connectivity index (χ2n) is 4.09. The van der Waals surface area contributed by atoms with Crippen molar-refractivity contribution in [2.45, 2.75) is 6.92 Å². The van der Waals surface area contributed by atoms with E-state index in [9.17, 15) is 0 Å². The van der Waals surface area contributed by atoms with Crippen molar-refractivity contribution in [2.24, 2.45) is 0 Å². The van der Waals surface area contributed by atoms with Crippen molar-refractivity contribution in [1.29, 1.82) is 0 Å². The molecule has 0 unspecified atom stereocenters. The van der Waals surface area contributed by atoms with Crippen LogP contribution in [0.15, 0.2) is 12.1 Å². The molecule has 1 aliphatic rings. The van der Waals surface area contributed by atoms with Gasteiger partial charge in [-0.25, -0.2) is 0 Å². The maximum absolute atomic E-state index is 6.30. The fourth-order valence-corrected chi connectivity index (χ4v) is 2.24. The molecule has 0 saturated heterocycles. The number of hydrogen-bond acceptors (Lipinski definition) is 4. The van der Waals surface area contributed by atoms with E-state index < -0.39 is 0 Å². The van der Waals surface area contributed by atoms with Crippen LogP contribution in [0.5, 0.6) is 11.5 Å². The van der Waals surface area contributed by atoms with Crippen molar-refractivity contribution in [3.63, 3.8) is 0 Å². The normalized spacial score (nSPS) is 13.7. The Balaban J connectivity index is 2.18. The van der Waals surface area contributed by atoms with Crippen molar-refractivity contribution >= 4 is 17.4 Å². The summed E-state index contributed by atoms with van der Waals surface area (Å²) < 4.78 is 11.1. The summed E-state index contributed by atoms with van der Waals surface area (Å²) in [7, 11) is 0. The highest BCUT2D eigenvalue weighted by atomic mass is 35.5. The van der Waals surface area contributed by atoms with Crippen LogP contribution in [0.25, 0.3) is 11.3 Å². The van der Waals surface area contributed by atoms with Gasteiger partial charge in [0.2, 0.25) is 0 Å². The van der Waals surface area contributed by atoms with Crippen LogP contribution in [0, 0.1) is 6.92 Å². The van der Waals surface area contributed by atoms with Gasteiger partial charge in [-0.2, -0.15) is 5.10 Å². The first-order valence-electron chi connectivity index (χ1n) is 5.57. The minimum Gasteiger partial charge on any atom is -0.486 e. The van der Waals surface area contributed by atoms with E-state index in [0.29, 0.717) is 35.6 Å². The van der Waals surface area contributed by atoms with Crippen molar-refractivity contribution in [1.82, 2.24) is 10.2 Å². The number of hydrogen-bond donors (Lipinski definition) is 2. The molecule has 5 nitrogen and oxygen atoms in total. The summed E-state index contributed by atoms with van der Waals surface area (Å²) in [5.41, 5.74) is 8.24. The average Bonchev–Trinajstić information content (AvgIpc) is 2.80. The number of rotatable bonds is 1. The topological polar surface area (TPSA) is 73.2 Å². The minimum atomic E-state index is 0.440. The summed E-state index contributed by atoms with van der Waals surface area (Å²) >= 11 is 6.30.